The van der Waals surface area contributed by atoms with Gasteiger partial charge in [-0.05, 0) is 36.3 Å². The molecular weight excluding hydrogens is 292 g/mol. The molecule has 0 aromatic heterocycles. The molecule has 0 atom stereocenters. The van der Waals surface area contributed by atoms with Crippen LogP contribution in [0.5, 0.6) is 0 Å². The Hall–Kier alpha value is 0.304. The Morgan fingerprint density at radius 3 is 1.00 bits per heavy atom. The minimum absolute atomic E-state index is 0.958. The number of rotatable bonds is 10. The first-order valence-corrected chi connectivity index (χ1v) is 14.3. The minimum Gasteiger partial charge on any atom is -0.225 e. The summed E-state index contributed by atoms with van der Waals surface area (Å²) >= 11 is 0. The van der Waals surface area contributed by atoms with Crippen LogP contribution >= 0.6 is 0 Å². The molecule has 116 valence electrons. The normalized spacial score (nSPS) is 13.8. The number of nitrogens with one attached hydrogen (secondary N) is 2. The minimum atomic E-state index is -3.35. The van der Waals surface area contributed by atoms with Crippen molar-refractivity contribution < 1.29 is 8.42 Å². The lowest BCUT2D eigenvalue weighted by molar-refractivity contribution is 0.588. The summed E-state index contributed by atoms with van der Waals surface area (Å²) in [5, 5.41) is 0. The molecule has 0 aliphatic heterocycles. The van der Waals surface area contributed by atoms with Crippen molar-refractivity contribution in [1.29, 1.82) is 0 Å². The fourth-order valence-corrected chi connectivity index (χ4v) is 14.2. The van der Waals surface area contributed by atoms with Crippen LogP contribution in [0.4, 0.5) is 0 Å². The van der Waals surface area contributed by atoms with Gasteiger partial charge in [-0.1, -0.05) is 41.5 Å². The highest BCUT2D eigenvalue weighted by Gasteiger charge is 2.37. The second kappa shape index (κ2) is 7.92. The molecule has 0 bridgehead atoms. The zero-order chi connectivity index (χ0) is 15.2. The van der Waals surface area contributed by atoms with E-state index < -0.39 is 26.7 Å². The Labute approximate surface area is 122 Å². The quantitative estimate of drug-likeness (QED) is 0.605. The molecule has 0 fully saturated rings. The second-order valence-electron chi connectivity index (χ2n) is 5.39. The van der Waals surface area contributed by atoms with Crippen molar-refractivity contribution in [1.82, 2.24) is 8.78 Å². The van der Waals surface area contributed by atoms with Gasteiger partial charge in [0, 0.05) is 0 Å². The molecule has 0 aromatic rings. The molecule has 0 spiro atoms. The lowest BCUT2D eigenvalue weighted by Crippen LogP contribution is -2.61. The molecule has 19 heavy (non-hydrogen) atoms. The standard InChI is InChI=1S/C12H32N2O2SSi2/c1-7-18(8-2,9-3)13-17(15,16)14-19(10-4,11-5)12-6/h13-14H,7-12H2,1-6H3. The highest BCUT2D eigenvalue weighted by atomic mass is 32.2. The molecule has 0 unspecified atom stereocenters. The van der Waals surface area contributed by atoms with Gasteiger partial charge in [0.15, 0.2) is 0 Å². The summed E-state index contributed by atoms with van der Waals surface area (Å²) in [6, 6.07) is 5.75. The molecular formula is C12H32N2O2SSi2. The van der Waals surface area contributed by atoms with Crippen molar-refractivity contribution in [3.05, 3.63) is 0 Å². The predicted octanol–water partition coefficient (Wildman–Crippen LogP) is 3.42. The Morgan fingerprint density at radius 1 is 0.632 bits per heavy atom. The van der Waals surface area contributed by atoms with Crippen molar-refractivity contribution in [3.8, 4) is 0 Å². The zero-order valence-corrected chi connectivity index (χ0v) is 16.3. The summed E-state index contributed by atoms with van der Waals surface area (Å²) in [7, 11) is -7.08. The van der Waals surface area contributed by atoms with Crippen LogP contribution in [0, 0.1) is 0 Å². The Kier molecular flexibility index (Phi) is 8.05. The van der Waals surface area contributed by atoms with Gasteiger partial charge in [0.2, 0.25) is 0 Å². The fraction of sp³-hybridized carbons (Fsp3) is 1.00. The SMILES string of the molecule is CC[Si](CC)(CC)NS(=O)(=O)N[Si](CC)(CC)CC. The second-order valence-corrected chi connectivity index (χ2v) is 17.4. The fourth-order valence-electron chi connectivity index (χ4n) is 2.53. The maximum Gasteiger partial charge on any atom is 0.264 e. The van der Waals surface area contributed by atoms with E-state index in [2.05, 4.69) is 50.3 Å². The lowest BCUT2D eigenvalue weighted by Gasteiger charge is -2.33. The van der Waals surface area contributed by atoms with E-state index in [1.807, 2.05) is 0 Å². The maximum absolute atomic E-state index is 12.5. The van der Waals surface area contributed by atoms with Gasteiger partial charge in [-0.3, -0.25) is 0 Å². The van der Waals surface area contributed by atoms with E-state index in [-0.39, 0.29) is 0 Å². The van der Waals surface area contributed by atoms with Gasteiger partial charge >= 0.3 is 0 Å². The van der Waals surface area contributed by atoms with Gasteiger partial charge in [-0.15, -0.1) is 0 Å². The number of hydrogen-bond donors (Lipinski definition) is 2. The average Bonchev–Trinajstić information content (AvgIpc) is 2.42. The molecule has 0 rings (SSSR count). The summed E-state index contributed by atoms with van der Waals surface area (Å²) in [6.45, 7) is 12.6. The van der Waals surface area contributed by atoms with Crippen LogP contribution in [-0.2, 0) is 10.2 Å². The highest BCUT2D eigenvalue weighted by molar-refractivity contribution is 7.90. The third kappa shape index (κ3) is 5.30. The average molecular weight is 325 g/mol. The Balaban J connectivity index is 5.09. The summed E-state index contributed by atoms with van der Waals surface area (Å²) in [6.07, 6.45) is 0. The van der Waals surface area contributed by atoms with Crippen LogP contribution in [0.2, 0.25) is 36.3 Å². The molecule has 0 amide bonds. The first-order valence-electron chi connectivity index (χ1n) is 7.61. The number of hydrogen-bond acceptors (Lipinski definition) is 2. The third-order valence-corrected chi connectivity index (χ3v) is 18.5. The van der Waals surface area contributed by atoms with Crippen LogP contribution in [0.3, 0.4) is 0 Å². The Bertz CT molecular complexity index is 308. The van der Waals surface area contributed by atoms with Crippen molar-refractivity contribution >= 4 is 26.7 Å². The smallest absolute Gasteiger partial charge is 0.225 e. The van der Waals surface area contributed by atoms with E-state index >= 15 is 0 Å². The molecule has 7 heteroatoms. The topological polar surface area (TPSA) is 58.2 Å². The molecule has 0 saturated heterocycles. The maximum atomic E-state index is 12.5. The Morgan fingerprint density at radius 2 is 0.842 bits per heavy atom. The zero-order valence-electron chi connectivity index (χ0n) is 13.5. The van der Waals surface area contributed by atoms with E-state index in [9.17, 15) is 8.42 Å². The van der Waals surface area contributed by atoms with E-state index in [1.54, 1.807) is 0 Å². The van der Waals surface area contributed by atoms with E-state index in [1.165, 1.54) is 0 Å². The van der Waals surface area contributed by atoms with Crippen molar-refractivity contribution in [2.24, 2.45) is 0 Å². The summed E-state index contributed by atoms with van der Waals surface area (Å²) < 4.78 is 31.0. The van der Waals surface area contributed by atoms with Gasteiger partial charge in [0.1, 0.15) is 16.5 Å². The molecule has 4 nitrogen and oxygen atoms in total. The van der Waals surface area contributed by atoms with Crippen molar-refractivity contribution in [2.45, 2.75) is 77.8 Å². The van der Waals surface area contributed by atoms with Crippen LogP contribution in [0.15, 0.2) is 0 Å². The summed E-state index contributed by atoms with van der Waals surface area (Å²) in [5.41, 5.74) is 0. The molecule has 2 N–H and O–H groups in total. The molecule has 0 saturated carbocycles. The van der Waals surface area contributed by atoms with Crippen molar-refractivity contribution in [2.75, 3.05) is 0 Å². The van der Waals surface area contributed by atoms with Gasteiger partial charge < -0.3 is 0 Å². The van der Waals surface area contributed by atoms with E-state index in [0.29, 0.717) is 0 Å². The first kappa shape index (κ1) is 19.3. The molecule has 0 radical (unpaired) electrons. The van der Waals surface area contributed by atoms with Crippen LogP contribution in [-0.4, -0.2) is 24.9 Å². The van der Waals surface area contributed by atoms with Gasteiger partial charge in [0.25, 0.3) is 10.2 Å². The van der Waals surface area contributed by atoms with Crippen LogP contribution < -0.4 is 8.78 Å². The van der Waals surface area contributed by atoms with Gasteiger partial charge in [-0.2, -0.15) is 8.42 Å². The van der Waals surface area contributed by atoms with Crippen LogP contribution in [0.1, 0.15) is 41.5 Å². The molecule has 0 aliphatic carbocycles. The highest BCUT2D eigenvalue weighted by Crippen LogP contribution is 2.20. The van der Waals surface area contributed by atoms with Crippen molar-refractivity contribution in [3.63, 3.8) is 0 Å². The van der Waals surface area contributed by atoms with E-state index in [0.717, 1.165) is 36.3 Å². The predicted molar refractivity (Wildman–Crippen MR) is 89.6 cm³/mol. The molecule has 0 aliphatic rings. The van der Waals surface area contributed by atoms with Gasteiger partial charge in [-0.25, -0.2) is 8.78 Å². The van der Waals surface area contributed by atoms with E-state index in [4.69, 9.17) is 0 Å². The summed E-state index contributed by atoms with van der Waals surface area (Å²) in [4.78, 5) is 0. The molecule has 0 heterocycles. The third-order valence-electron chi connectivity index (χ3n) is 4.76. The first-order chi connectivity index (χ1) is 8.78. The summed E-state index contributed by atoms with van der Waals surface area (Å²) in [5.74, 6) is 0. The molecule has 0 aromatic carbocycles. The lowest BCUT2D eigenvalue weighted by atomic mass is 10.9. The van der Waals surface area contributed by atoms with Gasteiger partial charge in [0.05, 0.1) is 0 Å². The van der Waals surface area contributed by atoms with Crippen LogP contribution in [0.25, 0.3) is 0 Å². The largest absolute Gasteiger partial charge is 0.264 e. The monoisotopic (exact) mass is 324 g/mol.